The first-order valence-corrected chi connectivity index (χ1v) is 6.75. The lowest BCUT2D eigenvalue weighted by Gasteiger charge is -2.15. The highest BCUT2D eigenvalue weighted by Crippen LogP contribution is 2.20. The Morgan fingerprint density at radius 3 is 2.22 bits per heavy atom. The second-order valence-corrected chi connectivity index (χ2v) is 4.66. The number of halogens is 2. The van der Waals surface area contributed by atoms with Crippen molar-refractivity contribution in [3.8, 4) is 5.75 Å². The lowest BCUT2D eigenvalue weighted by atomic mass is 9.95. The molecule has 0 amide bonds. The van der Waals surface area contributed by atoms with Crippen LogP contribution in [0.5, 0.6) is 5.75 Å². The predicted octanol–water partition coefficient (Wildman–Crippen LogP) is 4.95. The summed E-state index contributed by atoms with van der Waals surface area (Å²) >= 11 is 0. The van der Waals surface area contributed by atoms with Crippen molar-refractivity contribution in [2.75, 3.05) is 6.61 Å². The van der Waals surface area contributed by atoms with Gasteiger partial charge >= 0.3 is 0 Å². The van der Waals surface area contributed by atoms with E-state index >= 15 is 0 Å². The molecule has 0 aliphatic rings. The topological polar surface area (TPSA) is 9.23 Å². The quantitative estimate of drug-likeness (QED) is 0.639. The van der Waals surface area contributed by atoms with Crippen LogP contribution in [0.15, 0.2) is 18.2 Å². The molecule has 3 heteroatoms. The maximum absolute atomic E-state index is 13.0. The fourth-order valence-electron chi connectivity index (χ4n) is 2.16. The highest BCUT2D eigenvalue weighted by Gasteiger charge is 2.08. The van der Waals surface area contributed by atoms with Gasteiger partial charge in [-0.3, -0.25) is 0 Å². The van der Waals surface area contributed by atoms with Gasteiger partial charge in [-0.05, 0) is 24.5 Å². The molecule has 0 heterocycles. The summed E-state index contributed by atoms with van der Waals surface area (Å²) in [5, 5.41) is 0. The van der Waals surface area contributed by atoms with Crippen LogP contribution in [0.4, 0.5) is 8.78 Å². The van der Waals surface area contributed by atoms with E-state index in [1.165, 1.54) is 31.7 Å². The second-order valence-electron chi connectivity index (χ2n) is 4.66. The summed E-state index contributed by atoms with van der Waals surface area (Å²) in [6.07, 6.45) is 5.73. The minimum Gasteiger partial charge on any atom is -0.493 e. The molecule has 0 aliphatic carbocycles. The molecule has 0 bridgehead atoms. The molecular formula is C15H22F2O. The van der Waals surface area contributed by atoms with Gasteiger partial charge in [-0.15, -0.1) is 0 Å². The molecule has 1 aromatic carbocycles. The van der Waals surface area contributed by atoms with Crippen molar-refractivity contribution in [3.05, 3.63) is 29.8 Å². The summed E-state index contributed by atoms with van der Waals surface area (Å²) < 4.78 is 31.1. The van der Waals surface area contributed by atoms with Crippen LogP contribution in [-0.2, 0) is 0 Å². The van der Waals surface area contributed by atoms with E-state index < -0.39 is 11.6 Å². The zero-order chi connectivity index (χ0) is 13.4. The standard InChI is InChI=1S/C15H22F2O/c1-3-5-12(6-4-2)9-10-18-13-7-8-14(16)15(17)11-13/h7-8,11-12H,3-6,9-10H2,1-2H3. The monoisotopic (exact) mass is 256 g/mol. The van der Waals surface area contributed by atoms with Gasteiger partial charge in [-0.1, -0.05) is 39.5 Å². The Bertz CT molecular complexity index is 346. The van der Waals surface area contributed by atoms with Gasteiger partial charge in [0.25, 0.3) is 0 Å². The van der Waals surface area contributed by atoms with Crippen molar-refractivity contribution in [2.45, 2.75) is 46.0 Å². The fourth-order valence-corrected chi connectivity index (χ4v) is 2.16. The lowest BCUT2D eigenvalue weighted by Crippen LogP contribution is -2.07. The minimum atomic E-state index is -0.855. The Kier molecular flexibility index (Phi) is 6.69. The van der Waals surface area contributed by atoms with Crippen molar-refractivity contribution < 1.29 is 13.5 Å². The van der Waals surface area contributed by atoms with Crippen molar-refractivity contribution in [3.63, 3.8) is 0 Å². The van der Waals surface area contributed by atoms with Gasteiger partial charge in [-0.2, -0.15) is 0 Å². The van der Waals surface area contributed by atoms with Crippen LogP contribution in [0.25, 0.3) is 0 Å². The zero-order valence-corrected chi connectivity index (χ0v) is 11.2. The van der Waals surface area contributed by atoms with E-state index in [0.717, 1.165) is 18.6 Å². The number of benzene rings is 1. The van der Waals surface area contributed by atoms with Crippen LogP contribution in [-0.4, -0.2) is 6.61 Å². The summed E-state index contributed by atoms with van der Waals surface area (Å²) in [6.45, 7) is 4.92. The molecule has 0 aromatic heterocycles. The maximum Gasteiger partial charge on any atom is 0.162 e. The molecule has 0 spiro atoms. The zero-order valence-electron chi connectivity index (χ0n) is 11.2. The Labute approximate surface area is 108 Å². The average Bonchev–Trinajstić information content (AvgIpc) is 2.34. The van der Waals surface area contributed by atoms with Crippen molar-refractivity contribution >= 4 is 0 Å². The maximum atomic E-state index is 13.0. The SMILES string of the molecule is CCCC(CCC)CCOc1ccc(F)c(F)c1. The third-order valence-corrected chi connectivity index (χ3v) is 3.08. The Hall–Kier alpha value is -1.12. The van der Waals surface area contributed by atoms with E-state index in [4.69, 9.17) is 4.74 Å². The van der Waals surface area contributed by atoms with Gasteiger partial charge in [0.2, 0.25) is 0 Å². The Morgan fingerprint density at radius 2 is 1.67 bits per heavy atom. The molecule has 0 atom stereocenters. The third kappa shape index (κ3) is 5.03. The number of hydrogen-bond acceptors (Lipinski definition) is 1. The smallest absolute Gasteiger partial charge is 0.162 e. The molecule has 102 valence electrons. The molecule has 1 rings (SSSR count). The van der Waals surface area contributed by atoms with E-state index in [9.17, 15) is 8.78 Å². The summed E-state index contributed by atoms with van der Waals surface area (Å²) in [5.74, 6) is -0.616. The first-order valence-electron chi connectivity index (χ1n) is 6.75. The molecule has 0 saturated carbocycles. The minimum absolute atomic E-state index is 0.403. The molecule has 0 saturated heterocycles. The van der Waals surface area contributed by atoms with E-state index in [1.807, 2.05) is 0 Å². The second kappa shape index (κ2) is 8.06. The Balaban J connectivity index is 2.37. The van der Waals surface area contributed by atoms with Crippen molar-refractivity contribution in [2.24, 2.45) is 5.92 Å². The van der Waals surface area contributed by atoms with E-state index in [2.05, 4.69) is 13.8 Å². The molecule has 0 N–H and O–H groups in total. The van der Waals surface area contributed by atoms with E-state index in [1.54, 1.807) is 0 Å². The fraction of sp³-hybridized carbons (Fsp3) is 0.600. The van der Waals surface area contributed by atoms with Gasteiger partial charge in [0.1, 0.15) is 5.75 Å². The lowest BCUT2D eigenvalue weighted by molar-refractivity contribution is 0.262. The Morgan fingerprint density at radius 1 is 1.00 bits per heavy atom. The summed E-state index contributed by atoms with van der Waals surface area (Å²) in [4.78, 5) is 0. The van der Waals surface area contributed by atoms with Crippen molar-refractivity contribution in [1.29, 1.82) is 0 Å². The molecular weight excluding hydrogens is 234 g/mol. The van der Waals surface area contributed by atoms with Crippen LogP contribution >= 0.6 is 0 Å². The van der Waals surface area contributed by atoms with Gasteiger partial charge in [-0.25, -0.2) is 8.78 Å². The number of ether oxygens (including phenoxy) is 1. The highest BCUT2D eigenvalue weighted by atomic mass is 19.2. The van der Waals surface area contributed by atoms with Gasteiger partial charge in [0, 0.05) is 6.07 Å². The first-order chi connectivity index (χ1) is 8.67. The van der Waals surface area contributed by atoms with Gasteiger partial charge in [0.15, 0.2) is 11.6 Å². The van der Waals surface area contributed by atoms with E-state index in [0.29, 0.717) is 18.3 Å². The van der Waals surface area contributed by atoms with Crippen LogP contribution in [0, 0.1) is 17.6 Å². The van der Waals surface area contributed by atoms with E-state index in [-0.39, 0.29) is 0 Å². The van der Waals surface area contributed by atoms with Crippen LogP contribution in [0.1, 0.15) is 46.0 Å². The van der Waals surface area contributed by atoms with Crippen LogP contribution in [0.2, 0.25) is 0 Å². The van der Waals surface area contributed by atoms with Gasteiger partial charge < -0.3 is 4.74 Å². The molecule has 1 aromatic rings. The van der Waals surface area contributed by atoms with Crippen LogP contribution < -0.4 is 4.74 Å². The molecule has 0 aliphatic heterocycles. The predicted molar refractivity (Wildman–Crippen MR) is 69.8 cm³/mol. The molecule has 0 unspecified atom stereocenters. The highest BCUT2D eigenvalue weighted by molar-refractivity contribution is 5.23. The van der Waals surface area contributed by atoms with Gasteiger partial charge in [0.05, 0.1) is 6.61 Å². The molecule has 1 nitrogen and oxygen atoms in total. The molecule has 0 fully saturated rings. The number of rotatable bonds is 8. The van der Waals surface area contributed by atoms with Crippen molar-refractivity contribution in [1.82, 2.24) is 0 Å². The third-order valence-electron chi connectivity index (χ3n) is 3.08. The first kappa shape index (κ1) is 14.9. The average molecular weight is 256 g/mol. The largest absolute Gasteiger partial charge is 0.493 e. The summed E-state index contributed by atoms with van der Waals surface area (Å²) in [5.41, 5.74) is 0. The normalized spacial score (nSPS) is 10.9. The summed E-state index contributed by atoms with van der Waals surface area (Å²) in [7, 11) is 0. The molecule has 0 radical (unpaired) electrons. The molecule has 18 heavy (non-hydrogen) atoms. The summed E-state index contributed by atoms with van der Waals surface area (Å²) in [6, 6.07) is 3.66. The van der Waals surface area contributed by atoms with Crippen LogP contribution in [0.3, 0.4) is 0 Å². The number of hydrogen-bond donors (Lipinski definition) is 0.